The van der Waals surface area contributed by atoms with Crippen molar-refractivity contribution in [1.29, 1.82) is 0 Å². The highest BCUT2D eigenvalue weighted by Gasteiger charge is 2.28. The number of para-hydroxylation sites is 1. The van der Waals surface area contributed by atoms with Gasteiger partial charge in [-0.05, 0) is 63.9 Å². The Bertz CT molecular complexity index is 844. The van der Waals surface area contributed by atoms with E-state index in [2.05, 4.69) is 5.32 Å². The van der Waals surface area contributed by atoms with E-state index in [-0.39, 0.29) is 25.0 Å². The van der Waals surface area contributed by atoms with E-state index in [1.165, 1.54) is 4.90 Å². The number of carbonyl (C=O) groups excluding carboxylic acids is 2. The molecular weight excluding hydrogens is 388 g/mol. The summed E-state index contributed by atoms with van der Waals surface area (Å²) in [6, 6.07) is 14.1. The molecule has 2 aromatic rings. The van der Waals surface area contributed by atoms with Crippen molar-refractivity contribution < 1.29 is 14.3 Å². The molecule has 0 aliphatic heterocycles. The fraction of sp³-hybridized carbons (Fsp3) is 0.391. The summed E-state index contributed by atoms with van der Waals surface area (Å²) in [5, 5.41) is 3.56. The lowest BCUT2D eigenvalue weighted by Crippen LogP contribution is -2.53. The van der Waals surface area contributed by atoms with Crippen LogP contribution in [-0.2, 0) is 16.1 Å². The van der Waals surface area contributed by atoms with Gasteiger partial charge in [-0.3, -0.25) is 9.59 Å². The molecule has 5 nitrogen and oxygen atoms in total. The SMILES string of the molecule is Cc1ccccc1OCC(=O)N(Cc1ccc(Cl)cc1)[C@@H](C)C(=O)NC(C)(C)C. The molecule has 0 aromatic heterocycles. The van der Waals surface area contributed by atoms with Crippen molar-refractivity contribution in [2.24, 2.45) is 0 Å². The summed E-state index contributed by atoms with van der Waals surface area (Å²) in [6.07, 6.45) is 0. The van der Waals surface area contributed by atoms with E-state index in [0.717, 1.165) is 11.1 Å². The first-order valence-corrected chi connectivity index (χ1v) is 9.99. The van der Waals surface area contributed by atoms with Gasteiger partial charge in [0.1, 0.15) is 11.8 Å². The van der Waals surface area contributed by atoms with Crippen molar-refractivity contribution in [3.8, 4) is 5.75 Å². The zero-order valence-electron chi connectivity index (χ0n) is 17.7. The van der Waals surface area contributed by atoms with Gasteiger partial charge in [0.05, 0.1) is 0 Å². The third kappa shape index (κ3) is 7.09. The molecule has 6 heteroatoms. The molecule has 2 aromatic carbocycles. The molecule has 1 N–H and O–H groups in total. The van der Waals surface area contributed by atoms with Gasteiger partial charge in [0.15, 0.2) is 6.61 Å². The Labute approximate surface area is 178 Å². The van der Waals surface area contributed by atoms with Gasteiger partial charge in [0.25, 0.3) is 5.91 Å². The monoisotopic (exact) mass is 416 g/mol. The summed E-state index contributed by atoms with van der Waals surface area (Å²) >= 11 is 5.96. The summed E-state index contributed by atoms with van der Waals surface area (Å²) in [5.74, 6) is 0.176. The summed E-state index contributed by atoms with van der Waals surface area (Å²) in [6.45, 7) is 9.50. The van der Waals surface area contributed by atoms with Gasteiger partial charge in [-0.2, -0.15) is 0 Å². The zero-order valence-corrected chi connectivity index (χ0v) is 18.4. The Morgan fingerprint density at radius 3 is 2.31 bits per heavy atom. The maximum atomic E-state index is 13.0. The van der Waals surface area contributed by atoms with E-state index < -0.39 is 11.6 Å². The minimum Gasteiger partial charge on any atom is -0.484 e. The standard InChI is InChI=1S/C23H29ClN2O3/c1-16-8-6-7-9-20(16)29-15-21(27)26(14-18-10-12-19(24)13-11-18)17(2)22(28)25-23(3,4)5/h6-13,17H,14-15H2,1-5H3,(H,25,28)/t17-/m0/s1. The van der Waals surface area contributed by atoms with Crippen LogP contribution in [0.4, 0.5) is 0 Å². The molecule has 156 valence electrons. The number of aryl methyl sites for hydroxylation is 1. The van der Waals surface area contributed by atoms with Crippen LogP contribution in [0.15, 0.2) is 48.5 Å². The first-order chi connectivity index (χ1) is 13.6. The smallest absolute Gasteiger partial charge is 0.261 e. The number of ether oxygens (including phenoxy) is 1. The van der Waals surface area contributed by atoms with Gasteiger partial charge in [-0.1, -0.05) is 41.9 Å². The lowest BCUT2D eigenvalue weighted by molar-refractivity contribution is -0.142. The van der Waals surface area contributed by atoms with Gasteiger partial charge < -0.3 is 15.0 Å². The van der Waals surface area contributed by atoms with Crippen LogP contribution < -0.4 is 10.1 Å². The number of benzene rings is 2. The number of rotatable bonds is 7. The van der Waals surface area contributed by atoms with E-state index in [1.54, 1.807) is 19.1 Å². The van der Waals surface area contributed by atoms with Crippen LogP contribution in [0.1, 0.15) is 38.8 Å². The molecule has 0 saturated heterocycles. The lowest BCUT2D eigenvalue weighted by Gasteiger charge is -2.31. The lowest BCUT2D eigenvalue weighted by atomic mass is 10.1. The largest absolute Gasteiger partial charge is 0.484 e. The summed E-state index contributed by atoms with van der Waals surface area (Å²) < 4.78 is 5.72. The number of nitrogens with zero attached hydrogens (tertiary/aromatic N) is 1. The molecule has 0 fully saturated rings. The fourth-order valence-corrected chi connectivity index (χ4v) is 2.91. The third-order valence-corrected chi connectivity index (χ3v) is 4.63. The molecule has 2 amide bonds. The van der Waals surface area contributed by atoms with Crippen LogP contribution >= 0.6 is 11.6 Å². The second-order valence-electron chi connectivity index (χ2n) is 8.12. The van der Waals surface area contributed by atoms with Crippen molar-refractivity contribution in [2.45, 2.75) is 52.7 Å². The summed E-state index contributed by atoms with van der Waals surface area (Å²) in [7, 11) is 0. The van der Waals surface area contributed by atoms with E-state index >= 15 is 0 Å². The summed E-state index contributed by atoms with van der Waals surface area (Å²) in [5.41, 5.74) is 1.44. The molecule has 29 heavy (non-hydrogen) atoms. The van der Waals surface area contributed by atoms with Crippen LogP contribution in [-0.4, -0.2) is 34.9 Å². The molecule has 0 spiro atoms. The predicted octanol–water partition coefficient (Wildman–Crippen LogP) is 4.36. The average Bonchev–Trinajstić information content (AvgIpc) is 2.64. The van der Waals surface area contributed by atoms with Gasteiger partial charge in [0.2, 0.25) is 5.91 Å². The van der Waals surface area contributed by atoms with Crippen LogP contribution in [0.2, 0.25) is 5.02 Å². The third-order valence-electron chi connectivity index (χ3n) is 4.38. The topological polar surface area (TPSA) is 58.6 Å². The second kappa shape index (κ2) is 9.79. The highest BCUT2D eigenvalue weighted by molar-refractivity contribution is 6.30. The number of hydrogen-bond acceptors (Lipinski definition) is 3. The van der Waals surface area contributed by atoms with Crippen molar-refractivity contribution in [2.75, 3.05) is 6.61 Å². The molecule has 2 rings (SSSR count). The van der Waals surface area contributed by atoms with Crippen LogP contribution in [0, 0.1) is 6.92 Å². The zero-order chi connectivity index (χ0) is 21.6. The maximum absolute atomic E-state index is 13.0. The molecule has 0 unspecified atom stereocenters. The van der Waals surface area contributed by atoms with E-state index in [9.17, 15) is 9.59 Å². The minimum atomic E-state index is -0.655. The quantitative estimate of drug-likeness (QED) is 0.729. The highest BCUT2D eigenvalue weighted by Crippen LogP contribution is 2.18. The maximum Gasteiger partial charge on any atom is 0.261 e. The summed E-state index contributed by atoms with van der Waals surface area (Å²) in [4.78, 5) is 27.2. The van der Waals surface area contributed by atoms with Crippen molar-refractivity contribution in [3.63, 3.8) is 0 Å². The molecular formula is C23H29ClN2O3. The molecule has 0 heterocycles. The number of nitrogens with one attached hydrogen (secondary N) is 1. The van der Waals surface area contributed by atoms with Crippen molar-refractivity contribution >= 4 is 23.4 Å². The van der Waals surface area contributed by atoms with Gasteiger partial charge in [-0.25, -0.2) is 0 Å². The van der Waals surface area contributed by atoms with Gasteiger partial charge >= 0.3 is 0 Å². The molecule has 0 bridgehead atoms. The van der Waals surface area contributed by atoms with Gasteiger partial charge in [0, 0.05) is 17.1 Å². The molecule has 0 aliphatic carbocycles. The van der Waals surface area contributed by atoms with E-state index in [0.29, 0.717) is 10.8 Å². The van der Waals surface area contributed by atoms with Crippen LogP contribution in [0.5, 0.6) is 5.75 Å². The first kappa shape index (κ1) is 22.8. The van der Waals surface area contributed by atoms with Crippen LogP contribution in [0.3, 0.4) is 0 Å². The number of hydrogen-bond donors (Lipinski definition) is 1. The predicted molar refractivity (Wildman–Crippen MR) is 116 cm³/mol. The van der Waals surface area contributed by atoms with Crippen molar-refractivity contribution in [3.05, 3.63) is 64.7 Å². The Kier molecular flexibility index (Phi) is 7.68. The normalized spacial score (nSPS) is 12.2. The van der Waals surface area contributed by atoms with Gasteiger partial charge in [-0.15, -0.1) is 0 Å². The number of carbonyl (C=O) groups is 2. The Hall–Kier alpha value is -2.53. The van der Waals surface area contributed by atoms with E-state index in [4.69, 9.17) is 16.3 Å². The second-order valence-corrected chi connectivity index (χ2v) is 8.55. The molecule has 0 radical (unpaired) electrons. The molecule has 0 saturated carbocycles. The Morgan fingerprint density at radius 2 is 1.72 bits per heavy atom. The number of amides is 2. The highest BCUT2D eigenvalue weighted by atomic mass is 35.5. The Morgan fingerprint density at radius 1 is 1.10 bits per heavy atom. The fourth-order valence-electron chi connectivity index (χ4n) is 2.78. The van der Waals surface area contributed by atoms with E-state index in [1.807, 2.05) is 64.1 Å². The van der Waals surface area contributed by atoms with Crippen LogP contribution in [0.25, 0.3) is 0 Å². The Balaban J connectivity index is 2.18. The number of halogens is 1. The minimum absolute atomic E-state index is 0.147. The van der Waals surface area contributed by atoms with Crippen molar-refractivity contribution in [1.82, 2.24) is 10.2 Å². The molecule has 1 atom stereocenters. The molecule has 0 aliphatic rings. The first-order valence-electron chi connectivity index (χ1n) is 9.61. The average molecular weight is 417 g/mol.